The summed E-state index contributed by atoms with van der Waals surface area (Å²) in [5, 5.41) is 14.3. The molecule has 0 unspecified atom stereocenters. The minimum absolute atomic E-state index is 0.143. The number of alkyl halides is 3. The zero-order chi connectivity index (χ0) is 18.4. The van der Waals surface area contributed by atoms with Crippen LogP contribution >= 0.6 is 11.3 Å². The molecular weight excluding hydrogens is 351 g/mol. The number of nitriles is 1. The Morgan fingerprint density at radius 3 is 2.76 bits per heavy atom. The predicted octanol–water partition coefficient (Wildman–Crippen LogP) is 5.24. The van der Waals surface area contributed by atoms with E-state index in [0.29, 0.717) is 17.4 Å². The maximum absolute atomic E-state index is 12.9. The molecule has 4 nitrogen and oxygen atoms in total. The molecule has 2 aromatic rings. The summed E-state index contributed by atoms with van der Waals surface area (Å²) < 4.78 is 44.3. The van der Waals surface area contributed by atoms with E-state index in [1.807, 2.05) is 13.0 Å². The van der Waals surface area contributed by atoms with Crippen molar-refractivity contribution < 1.29 is 17.9 Å². The molecule has 1 aromatic heterocycles. The Bertz CT molecular complexity index is 806. The van der Waals surface area contributed by atoms with E-state index in [4.69, 9.17) is 4.74 Å². The van der Waals surface area contributed by atoms with Crippen LogP contribution in [-0.2, 0) is 6.18 Å². The minimum atomic E-state index is -4.46. The molecule has 1 heterocycles. The van der Waals surface area contributed by atoms with Gasteiger partial charge in [-0.3, -0.25) is 0 Å². The maximum atomic E-state index is 12.9. The third-order valence-electron chi connectivity index (χ3n) is 3.11. The fourth-order valence-corrected chi connectivity index (χ4v) is 2.69. The van der Waals surface area contributed by atoms with Crippen LogP contribution in [0.25, 0.3) is 5.57 Å². The molecule has 0 fully saturated rings. The molecule has 0 amide bonds. The Morgan fingerprint density at radius 1 is 1.44 bits per heavy atom. The van der Waals surface area contributed by atoms with E-state index in [0.717, 1.165) is 24.2 Å². The molecule has 0 aliphatic rings. The van der Waals surface area contributed by atoms with Gasteiger partial charge in [0.15, 0.2) is 0 Å². The van der Waals surface area contributed by atoms with Crippen molar-refractivity contribution in [2.24, 2.45) is 0 Å². The first-order valence-corrected chi connectivity index (χ1v) is 8.36. The zero-order valence-corrected chi connectivity index (χ0v) is 14.5. The molecule has 25 heavy (non-hydrogen) atoms. The molecule has 2 rings (SSSR count). The van der Waals surface area contributed by atoms with Crippen molar-refractivity contribution in [2.75, 3.05) is 11.9 Å². The van der Waals surface area contributed by atoms with E-state index < -0.39 is 11.7 Å². The monoisotopic (exact) mass is 367 g/mol. The molecule has 0 radical (unpaired) electrons. The summed E-state index contributed by atoms with van der Waals surface area (Å²) in [5.74, 6) is 0.290. The first-order chi connectivity index (χ1) is 11.8. The lowest BCUT2D eigenvalue weighted by Crippen LogP contribution is -2.07. The third kappa shape index (κ3) is 4.97. The number of aryl methyl sites for hydroxylation is 1. The molecule has 132 valence electrons. The number of ether oxygens (including phenoxy) is 1. The summed E-state index contributed by atoms with van der Waals surface area (Å²) in [4.78, 5) is 4.20. The number of halogens is 3. The van der Waals surface area contributed by atoms with Crippen molar-refractivity contribution in [1.29, 1.82) is 5.26 Å². The normalized spacial score (nSPS) is 11.9. The number of hydrogen-bond acceptors (Lipinski definition) is 5. The van der Waals surface area contributed by atoms with Crippen molar-refractivity contribution in [1.82, 2.24) is 4.98 Å². The Labute approximate surface area is 147 Å². The molecule has 8 heteroatoms. The summed E-state index contributed by atoms with van der Waals surface area (Å²) in [7, 11) is 0. The molecule has 0 saturated heterocycles. The lowest BCUT2D eigenvalue weighted by molar-refractivity contribution is -0.137. The number of benzene rings is 1. The average Bonchev–Trinajstić information content (AvgIpc) is 2.99. The number of thiazole rings is 1. The second-order valence-electron chi connectivity index (χ2n) is 5.17. The van der Waals surface area contributed by atoms with Gasteiger partial charge in [0.25, 0.3) is 0 Å². The molecule has 0 saturated carbocycles. The van der Waals surface area contributed by atoms with Crippen LogP contribution in [0, 0.1) is 18.3 Å². The van der Waals surface area contributed by atoms with Gasteiger partial charge in [-0.15, -0.1) is 11.3 Å². The summed E-state index contributed by atoms with van der Waals surface area (Å²) in [5.41, 5.74) is 0.351. The third-order valence-corrected chi connectivity index (χ3v) is 4.10. The SMILES string of the molecule is CCCOc1ccc(C(F)(F)F)cc1N/C=C(\C#N)c1nc(C)cs1. The van der Waals surface area contributed by atoms with E-state index >= 15 is 0 Å². The van der Waals surface area contributed by atoms with E-state index in [-0.39, 0.29) is 11.3 Å². The van der Waals surface area contributed by atoms with Gasteiger partial charge in [-0.1, -0.05) is 6.92 Å². The molecule has 0 atom stereocenters. The van der Waals surface area contributed by atoms with Crippen LogP contribution < -0.4 is 10.1 Å². The topological polar surface area (TPSA) is 57.9 Å². The molecular formula is C17H16F3N3OS. The second kappa shape index (κ2) is 8.03. The Hall–Kier alpha value is -2.53. The second-order valence-corrected chi connectivity index (χ2v) is 6.02. The molecule has 0 aliphatic heterocycles. The lowest BCUT2D eigenvalue weighted by atomic mass is 10.1. The van der Waals surface area contributed by atoms with Gasteiger partial charge in [0.05, 0.1) is 17.9 Å². The lowest BCUT2D eigenvalue weighted by Gasteiger charge is -2.14. The van der Waals surface area contributed by atoms with Gasteiger partial charge in [0.2, 0.25) is 0 Å². The highest BCUT2D eigenvalue weighted by Crippen LogP contribution is 2.35. The smallest absolute Gasteiger partial charge is 0.416 e. The zero-order valence-electron chi connectivity index (χ0n) is 13.6. The average molecular weight is 367 g/mol. The maximum Gasteiger partial charge on any atom is 0.416 e. The van der Waals surface area contributed by atoms with Crippen LogP contribution in [-0.4, -0.2) is 11.6 Å². The Morgan fingerprint density at radius 2 is 2.20 bits per heavy atom. The fourth-order valence-electron chi connectivity index (χ4n) is 1.93. The first kappa shape index (κ1) is 18.8. The molecule has 0 bridgehead atoms. The van der Waals surface area contributed by atoms with E-state index in [2.05, 4.69) is 10.3 Å². The highest BCUT2D eigenvalue weighted by Gasteiger charge is 2.31. The number of allylic oxidation sites excluding steroid dienone is 1. The number of aromatic nitrogens is 1. The van der Waals surface area contributed by atoms with Crippen molar-refractivity contribution in [3.63, 3.8) is 0 Å². The molecule has 1 N–H and O–H groups in total. The standard InChI is InChI=1S/C17H16F3N3OS/c1-3-6-24-15-5-4-13(17(18,19)20)7-14(15)22-9-12(8-21)16-23-11(2)10-25-16/h4-5,7,9-10,22H,3,6H2,1-2H3/b12-9+. The number of nitrogens with one attached hydrogen (secondary N) is 1. The van der Waals surface area contributed by atoms with Gasteiger partial charge in [-0.25, -0.2) is 4.98 Å². The summed E-state index contributed by atoms with van der Waals surface area (Å²) >= 11 is 1.29. The van der Waals surface area contributed by atoms with Gasteiger partial charge < -0.3 is 10.1 Å². The molecule has 1 aromatic carbocycles. The van der Waals surface area contributed by atoms with Gasteiger partial charge in [-0.05, 0) is 31.5 Å². The van der Waals surface area contributed by atoms with Crippen LogP contribution in [0.3, 0.4) is 0 Å². The summed E-state index contributed by atoms with van der Waals surface area (Å²) in [6.07, 6.45) is -2.40. The Kier molecular flexibility index (Phi) is 6.04. The van der Waals surface area contributed by atoms with Crippen LogP contribution in [0.15, 0.2) is 29.8 Å². The predicted molar refractivity (Wildman–Crippen MR) is 91.3 cm³/mol. The van der Waals surface area contributed by atoms with E-state index in [1.54, 1.807) is 12.3 Å². The van der Waals surface area contributed by atoms with Crippen LogP contribution in [0.2, 0.25) is 0 Å². The highest BCUT2D eigenvalue weighted by molar-refractivity contribution is 7.10. The van der Waals surface area contributed by atoms with Gasteiger partial charge in [-0.2, -0.15) is 18.4 Å². The van der Waals surface area contributed by atoms with Gasteiger partial charge in [0.1, 0.15) is 22.4 Å². The molecule has 0 spiro atoms. The fraction of sp³-hybridized carbons (Fsp3) is 0.294. The van der Waals surface area contributed by atoms with Gasteiger partial charge >= 0.3 is 6.18 Å². The summed E-state index contributed by atoms with van der Waals surface area (Å²) in [6, 6.07) is 5.19. The van der Waals surface area contributed by atoms with Crippen LogP contribution in [0.5, 0.6) is 5.75 Å². The first-order valence-electron chi connectivity index (χ1n) is 7.48. The number of anilines is 1. The molecule has 0 aliphatic carbocycles. The number of rotatable bonds is 6. The van der Waals surface area contributed by atoms with Crippen molar-refractivity contribution in [3.8, 4) is 11.8 Å². The van der Waals surface area contributed by atoms with Gasteiger partial charge in [0, 0.05) is 17.3 Å². The van der Waals surface area contributed by atoms with Crippen molar-refractivity contribution in [3.05, 3.63) is 46.0 Å². The number of nitrogens with zero attached hydrogens (tertiary/aromatic N) is 2. The van der Waals surface area contributed by atoms with E-state index in [9.17, 15) is 18.4 Å². The van der Waals surface area contributed by atoms with Crippen LogP contribution in [0.1, 0.15) is 29.6 Å². The van der Waals surface area contributed by atoms with Crippen molar-refractivity contribution in [2.45, 2.75) is 26.4 Å². The highest BCUT2D eigenvalue weighted by atomic mass is 32.1. The van der Waals surface area contributed by atoms with Crippen LogP contribution in [0.4, 0.5) is 18.9 Å². The number of hydrogen-bond donors (Lipinski definition) is 1. The Balaban J connectivity index is 2.34. The largest absolute Gasteiger partial charge is 0.491 e. The van der Waals surface area contributed by atoms with E-state index in [1.165, 1.54) is 23.6 Å². The summed E-state index contributed by atoms with van der Waals surface area (Å²) in [6.45, 7) is 4.07. The minimum Gasteiger partial charge on any atom is -0.491 e. The van der Waals surface area contributed by atoms with Crippen molar-refractivity contribution >= 4 is 22.6 Å². The quantitative estimate of drug-likeness (QED) is 0.710.